The van der Waals surface area contributed by atoms with Gasteiger partial charge in [0.25, 0.3) is 0 Å². The molecule has 1 heterocycles. The van der Waals surface area contributed by atoms with Gasteiger partial charge in [-0.05, 0) is 80.3 Å². The van der Waals surface area contributed by atoms with E-state index in [-0.39, 0.29) is 0 Å². The minimum absolute atomic E-state index is 0.620. The van der Waals surface area contributed by atoms with Crippen LogP contribution in [-0.2, 0) is 6.54 Å². The zero-order chi connectivity index (χ0) is 33.5. The predicted octanol–water partition coefficient (Wildman–Crippen LogP) is 10.4. The monoisotopic (exact) mass is 655 g/mol. The summed E-state index contributed by atoms with van der Waals surface area (Å²) in [5.74, 6) is 0.620. The highest BCUT2D eigenvalue weighted by molar-refractivity contribution is 6.50. The quantitative estimate of drug-likeness (QED) is 0.0422. The summed E-state index contributed by atoms with van der Waals surface area (Å²) in [5, 5.41) is 10.4. The molecular formula is C38H35BClF4N3. The molecule has 3 nitrogen and oxygen atoms in total. The lowest BCUT2D eigenvalue weighted by molar-refractivity contribution is -0.684. The molecule has 9 heteroatoms. The van der Waals surface area contributed by atoms with E-state index in [0.29, 0.717) is 5.88 Å². The van der Waals surface area contributed by atoms with E-state index in [9.17, 15) is 17.3 Å². The number of fused-ring (bicyclic) bond motifs is 2. The molecule has 0 bridgehead atoms. The van der Waals surface area contributed by atoms with Crippen LogP contribution in [0.2, 0.25) is 0 Å². The van der Waals surface area contributed by atoms with E-state index in [0.717, 1.165) is 13.0 Å². The van der Waals surface area contributed by atoms with Crippen molar-refractivity contribution in [3.8, 4) is 22.4 Å². The van der Waals surface area contributed by atoms with Gasteiger partial charge in [-0.15, -0.1) is 11.6 Å². The Labute approximate surface area is 277 Å². The molecule has 0 aliphatic rings. The number of hydrogen-bond donors (Lipinski definition) is 0. The molecule has 0 N–H and O–H groups in total. The second-order valence-electron chi connectivity index (χ2n) is 12.2. The van der Waals surface area contributed by atoms with Gasteiger partial charge in [0, 0.05) is 62.8 Å². The van der Waals surface area contributed by atoms with Gasteiger partial charge in [0.05, 0.1) is 10.9 Å². The van der Waals surface area contributed by atoms with Crippen LogP contribution in [0.25, 0.3) is 65.5 Å². The van der Waals surface area contributed by atoms with E-state index in [1.165, 1.54) is 76.8 Å². The van der Waals surface area contributed by atoms with Crippen LogP contribution in [0.4, 0.5) is 28.6 Å². The van der Waals surface area contributed by atoms with Gasteiger partial charge in [0.2, 0.25) is 5.69 Å². The third-order valence-corrected chi connectivity index (χ3v) is 8.90. The SMILES string of the molecule is CN(C)c1ccc(-c2c(-c3ccc(N(C)C)cc3)[n+](CCCCl)cc3c2cc2ccc4cccc5ccc3c2c45)cc1.F[B-](F)(F)F. The van der Waals surface area contributed by atoms with Crippen LogP contribution in [0.5, 0.6) is 0 Å². The first-order valence-electron chi connectivity index (χ1n) is 15.5. The van der Waals surface area contributed by atoms with Crippen molar-refractivity contribution in [3.05, 3.63) is 103 Å². The Balaban J connectivity index is 0.000000720. The molecule has 0 saturated heterocycles. The van der Waals surface area contributed by atoms with Crippen molar-refractivity contribution < 1.29 is 21.8 Å². The normalized spacial score (nSPS) is 11.8. The number of halogens is 5. The number of benzene rings is 6. The van der Waals surface area contributed by atoms with E-state index in [4.69, 9.17) is 11.6 Å². The summed E-state index contributed by atoms with van der Waals surface area (Å²) in [6.07, 6.45) is 3.27. The third-order valence-electron chi connectivity index (χ3n) is 8.63. The Morgan fingerprint density at radius 3 is 1.70 bits per heavy atom. The molecular weight excluding hydrogens is 621 g/mol. The molecule has 0 spiro atoms. The number of alkyl halides is 1. The van der Waals surface area contributed by atoms with Crippen LogP contribution in [0.3, 0.4) is 0 Å². The zero-order valence-electron chi connectivity index (χ0n) is 26.7. The Kier molecular flexibility index (Phi) is 8.90. The van der Waals surface area contributed by atoms with E-state index in [1.54, 1.807) is 0 Å². The standard InChI is InChI=1S/C38H35ClN3.BF4/c1-40(2)30-16-11-27(12-17-30)37-33-23-29-10-9-25-7-5-8-26-15-20-32(36(29)35(25)26)34(33)24-42(22-6-21-39)38(37)28-13-18-31(19-14-28)41(3)4;2-1(3,4)5/h5,7-20,23-24H,6,21-22H2,1-4H3;/q+1;-1. The Hall–Kier alpha value is -4.56. The van der Waals surface area contributed by atoms with Crippen molar-refractivity contribution in [3.63, 3.8) is 0 Å². The summed E-state index contributed by atoms with van der Waals surface area (Å²) in [7, 11) is 2.35. The molecule has 0 aliphatic heterocycles. The maximum Gasteiger partial charge on any atom is 0.673 e. The lowest BCUT2D eigenvalue weighted by Crippen LogP contribution is -2.37. The number of aryl methyl sites for hydroxylation is 1. The van der Waals surface area contributed by atoms with Gasteiger partial charge in [0.15, 0.2) is 6.20 Å². The van der Waals surface area contributed by atoms with Crippen LogP contribution in [0.15, 0.2) is 103 Å². The largest absolute Gasteiger partial charge is 0.673 e. The lowest BCUT2D eigenvalue weighted by atomic mass is 9.87. The molecule has 1 aromatic heterocycles. The molecule has 0 atom stereocenters. The summed E-state index contributed by atoms with van der Waals surface area (Å²) in [6, 6.07) is 36.1. The average Bonchev–Trinajstić information content (AvgIpc) is 3.04. The van der Waals surface area contributed by atoms with Crippen molar-refractivity contribution in [1.29, 1.82) is 0 Å². The molecule has 0 saturated carbocycles. The molecule has 0 aliphatic carbocycles. The molecule has 47 heavy (non-hydrogen) atoms. The molecule has 0 fully saturated rings. The maximum absolute atomic E-state index is 9.75. The Morgan fingerprint density at radius 2 is 1.15 bits per heavy atom. The van der Waals surface area contributed by atoms with E-state index in [1.807, 2.05) is 0 Å². The second kappa shape index (κ2) is 12.9. The molecule has 0 radical (unpaired) electrons. The molecule has 7 rings (SSSR count). The fourth-order valence-electron chi connectivity index (χ4n) is 6.52. The molecule has 240 valence electrons. The van der Waals surface area contributed by atoms with Gasteiger partial charge in [-0.1, -0.05) is 54.6 Å². The van der Waals surface area contributed by atoms with Gasteiger partial charge in [-0.2, -0.15) is 4.57 Å². The lowest BCUT2D eigenvalue weighted by Gasteiger charge is -2.19. The summed E-state index contributed by atoms with van der Waals surface area (Å²) in [6.45, 7) is 0.842. The summed E-state index contributed by atoms with van der Waals surface area (Å²) >= 11 is 6.30. The minimum atomic E-state index is -6.00. The molecule has 6 aromatic carbocycles. The van der Waals surface area contributed by atoms with Crippen LogP contribution >= 0.6 is 11.6 Å². The number of anilines is 2. The fraction of sp³-hybridized carbons (Fsp3) is 0.184. The number of rotatable bonds is 7. The van der Waals surface area contributed by atoms with Crippen LogP contribution in [0, 0.1) is 0 Å². The first-order valence-corrected chi connectivity index (χ1v) is 16.0. The predicted molar refractivity (Wildman–Crippen MR) is 193 cm³/mol. The highest BCUT2D eigenvalue weighted by Crippen LogP contribution is 2.43. The van der Waals surface area contributed by atoms with Crippen molar-refractivity contribution in [2.75, 3.05) is 43.9 Å². The number of aromatic nitrogens is 1. The third kappa shape index (κ3) is 6.52. The van der Waals surface area contributed by atoms with Crippen LogP contribution < -0.4 is 14.4 Å². The van der Waals surface area contributed by atoms with E-state index < -0.39 is 7.25 Å². The van der Waals surface area contributed by atoms with E-state index in [2.05, 4.69) is 146 Å². The van der Waals surface area contributed by atoms with Crippen LogP contribution in [0.1, 0.15) is 6.42 Å². The molecule has 0 unspecified atom stereocenters. The Bertz CT molecular complexity index is 2160. The van der Waals surface area contributed by atoms with Crippen LogP contribution in [-0.4, -0.2) is 41.3 Å². The van der Waals surface area contributed by atoms with E-state index >= 15 is 0 Å². The van der Waals surface area contributed by atoms with Gasteiger partial charge >= 0.3 is 7.25 Å². The highest BCUT2D eigenvalue weighted by Gasteiger charge is 2.26. The Morgan fingerprint density at radius 1 is 0.617 bits per heavy atom. The minimum Gasteiger partial charge on any atom is -0.418 e. The zero-order valence-corrected chi connectivity index (χ0v) is 27.5. The first-order chi connectivity index (χ1) is 22.4. The number of nitrogens with zero attached hydrogens (tertiary/aromatic N) is 3. The summed E-state index contributed by atoms with van der Waals surface area (Å²) in [4.78, 5) is 4.30. The second-order valence-corrected chi connectivity index (χ2v) is 12.5. The molecule has 7 aromatic rings. The van der Waals surface area contributed by atoms with Crippen molar-refractivity contribution in [2.45, 2.75) is 13.0 Å². The first kappa shape index (κ1) is 32.4. The summed E-state index contributed by atoms with van der Waals surface area (Å²) < 4.78 is 41.4. The molecule has 0 amide bonds. The smallest absolute Gasteiger partial charge is 0.418 e. The number of hydrogen-bond acceptors (Lipinski definition) is 2. The average molecular weight is 656 g/mol. The van der Waals surface area contributed by atoms with Gasteiger partial charge in [-0.3, -0.25) is 0 Å². The summed E-state index contributed by atoms with van der Waals surface area (Å²) in [5.41, 5.74) is 7.28. The van der Waals surface area contributed by atoms with Crippen molar-refractivity contribution in [2.24, 2.45) is 0 Å². The van der Waals surface area contributed by atoms with Crippen molar-refractivity contribution >= 4 is 73.3 Å². The highest BCUT2D eigenvalue weighted by atomic mass is 35.5. The fourth-order valence-corrected chi connectivity index (χ4v) is 6.64. The van der Waals surface area contributed by atoms with Gasteiger partial charge in [0.1, 0.15) is 6.54 Å². The van der Waals surface area contributed by atoms with Gasteiger partial charge in [-0.25, -0.2) is 0 Å². The number of pyridine rings is 1. The maximum atomic E-state index is 9.75. The topological polar surface area (TPSA) is 10.4 Å². The van der Waals surface area contributed by atoms with Gasteiger partial charge < -0.3 is 27.1 Å². The van der Waals surface area contributed by atoms with Crippen molar-refractivity contribution in [1.82, 2.24) is 0 Å².